The molecule has 0 aliphatic rings. The third-order valence-electron chi connectivity index (χ3n) is 3.56. The van der Waals surface area contributed by atoms with E-state index in [1.807, 2.05) is 19.9 Å². The predicted octanol–water partition coefficient (Wildman–Crippen LogP) is 4.10. The van der Waals surface area contributed by atoms with E-state index >= 15 is 0 Å². The highest BCUT2D eigenvalue weighted by Gasteiger charge is 2.32. The normalized spacial score (nSPS) is 10.7. The Morgan fingerprint density at radius 2 is 1.79 bits per heavy atom. The lowest BCUT2D eigenvalue weighted by Crippen LogP contribution is -2.23. The molecule has 5 heteroatoms. The minimum absolute atomic E-state index is 0.0298. The van der Waals surface area contributed by atoms with Gasteiger partial charge in [0, 0.05) is 11.1 Å². The lowest BCUT2D eigenvalue weighted by molar-refractivity contribution is -0.137. The molecule has 0 unspecified atom stereocenters. The Morgan fingerprint density at radius 1 is 1.08 bits per heavy atom. The summed E-state index contributed by atoms with van der Waals surface area (Å²) in [7, 11) is 0. The van der Waals surface area contributed by atoms with Gasteiger partial charge < -0.3 is 5.32 Å². The average Bonchev–Trinajstić information content (AvgIpc) is 2.53. The van der Waals surface area contributed by atoms with Gasteiger partial charge in [0.05, 0.1) is 12.1 Å². The van der Waals surface area contributed by atoms with Crippen molar-refractivity contribution in [2.24, 2.45) is 0 Å². The van der Waals surface area contributed by atoms with Crippen LogP contribution in [0.5, 0.6) is 0 Å². The molecule has 0 spiro atoms. The number of amides is 1. The van der Waals surface area contributed by atoms with Crippen molar-refractivity contribution in [2.45, 2.75) is 20.0 Å². The highest BCUT2D eigenvalue weighted by molar-refractivity contribution is 5.94. The summed E-state index contributed by atoms with van der Waals surface area (Å²) in [6, 6.07) is 10.4. The largest absolute Gasteiger partial charge is 0.417 e. The number of carbonyl (C=O) groups is 1. The third-order valence-corrected chi connectivity index (χ3v) is 3.56. The van der Waals surface area contributed by atoms with Crippen molar-refractivity contribution >= 4 is 5.91 Å². The highest BCUT2D eigenvalue weighted by Crippen LogP contribution is 2.31. The van der Waals surface area contributed by atoms with Gasteiger partial charge in [-0.25, -0.2) is 0 Å². The summed E-state index contributed by atoms with van der Waals surface area (Å²) in [4.78, 5) is 12.0. The van der Waals surface area contributed by atoms with E-state index < -0.39 is 11.7 Å². The quantitative estimate of drug-likeness (QED) is 0.825. The maximum Gasteiger partial charge on any atom is 0.417 e. The zero-order valence-electron chi connectivity index (χ0n) is 13.3. The molecule has 2 aromatic carbocycles. The van der Waals surface area contributed by atoms with Crippen LogP contribution in [0.15, 0.2) is 42.5 Å². The molecular weight excluding hydrogens is 315 g/mol. The molecule has 0 radical (unpaired) electrons. The topological polar surface area (TPSA) is 29.1 Å². The first-order chi connectivity index (χ1) is 11.3. The molecule has 2 rings (SSSR count). The van der Waals surface area contributed by atoms with Crippen LogP contribution in [-0.2, 0) is 6.18 Å². The molecule has 0 fully saturated rings. The van der Waals surface area contributed by atoms with Gasteiger partial charge in [-0.3, -0.25) is 4.79 Å². The van der Waals surface area contributed by atoms with Crippen molar-refractivity contribution in [3.8, 4) is 11.8 Å². The number of alkyl halides is 3. The van der Waals surface area contributed by atoms with Gasteiger partial charge in [-0.05, 0) is 49.2 Å². The monoisotopic (exact) mass is 331 g/mol. The number of benzene rings is 2. The SMILES string of the molecule is Cc1ccc(C(=O)NCC#Cc2ccccc2C(F)(F)F)cc1C. The summed E-state index contributed by atoms with van der Waals surface area (Å²) in [6.45, 7) is 3.82. The molecular formula is C19H16F3NO. The highest BCUT2D eigenvalue weighted by atomic mass is 19.4. The molecule has 1 amide bonds. The van der Waals surface area contributed by atoms with Crippen LogP contribution in [-0.4, -0.2) is 12.5 Å². The summed E-state index contributed by atoms with van der Waals surface area (Å²) < 4.78 is 38.5. The third kappa shape index (κ3) is 4.39. The fourth-order valence-corrected chi connectivity index (χ4v) is 2.09. The molecule has 2 nitrogen and oxygen atoms in total. The van der Waals surface area contributed by atoms with Crippen molar-refractivity contribution in [1.82, 2.24) is 5.32 Å². The van der Waals surface area contributed by atoms with E-state index in [4.69, 9.17) is 0 Å². The predicted molar refractivity (Wildman–Crippen MR) is 86.6 cm³/mol. The first-order valence-electron chi connectivity index (χ1n) is 7.29. The molecule has 0 aromatic heterocycles. The van der Waals surface area contributed by atoms with Crippen LogP contribution in [0.3, 0.4) is 0 Å². The summed E-state index contributed by atoms with van der Waals surface area (Å²) in [5.74, 6) is 4.71. The van der Waals surface area contributed by atoms with Gasteiger partial charge in [-0.1, -0.05) is 30.0 Å². The number of hydrogen-bond donors (Lipinski definition) is 1. The van der Waals surface area contributed by atoms with E-state index in [1.165, 1.54) is 18.2 Å². The fourth-order valence-electron chi connectivity index (χ4n) is 2.09. The van der Waals surface area contributed by atoms with Crippen LogP contribution in [0.25, 0.3) is 0 Å². The van der Waals surface area contributed by atoms with Crippen molar-refractivity contribution in [3.63, 3.8) is 0 Å². The molecule has 0 saturated carbocycles. The summed E-state index contributed by atoms with van der Waals surface area (Å²) in [6.07, 6.45) is -4.45. The number of nitrogens with one attached hydrogen (secondary N) is 1. The Labute approximate surface area is 138 Å². The molecule has 0 saturated heterocycles. The van der Waals surface area contributed by atoms with Gasteiger partial charge in [-0.15, -0.1) is 0 Å². The van der Waals surface area contributed by atoms with E-state index in [0.717, 1.165) is 17.2 Å². The molecule has 124 valence electrons. The maximum atomic E-state index is 12.8. The van der Waals surface area contributed by atoms with Crippen molar-refractivity contribution in [2.75, 3.05) is 6.54 Å². The first-order valence-corrected chi connectivity index (χ1v) is 7.29. The molecule has 1 N–H and O–H groups in total. The van der Waals surface area contributed by atoms with E-state index in [0.29, 0.717) is 5.56 Å². The van der Waals surface area contributed by atoms with Gasteiger partial charge >= 0.3 is 6.18 Å². The molecule has 2 aromatic rings. The Hall–Kier alpha value is -2.74. The van der Waals surface area contributed by atoms with Crippen LogP contribution >= 0.6 is 0 Å². The van der Waals surface area contributed by atoms with Gasteiger partial charge in [0.2, 0.25) is 0 Å². The minimum atomic E-state index is -4.45. The second-order valence-corrected chi connectivity index (χ2v) is 5.33. The molecule has 0 aliphatic heterocycles. The number of halogens is 3. The fraction of sp³-hybridized carbons (Fsp3) is 0.211. The summed E-state index contributed by atoms with van der Waals surface area (Å²) in [5, 5.41) is 2.58. The summed E-state index contributed by atoms with van der Waals surface area (Å²) >= 11 is 0. The van der Waals surface area contributed by atoms with Crippen molar-refractivity contribution in [1.29, 1.82) is 0 Å². The van der Waals surface area contributed by atoms with Gasteiger partial charge in [0.1, 0.15) is 0 Å². The Bertz CT molecular complexity index is 813. The minimum Gasteiger partial charge on any atom is -0.341 e. The van der Waals surface area contributed by atoms with Crippen LogP contribution in [0.4, 0.5) is 13.2 Å². The molecule has 24 heavy (non-hydrogen) atoms. The Morgan fingerprint density at radius 3 is 2.46 bits per heavy atom. The molecule has 0 atom stereocenters. The number of hydrogen-bond acceptors (Lipinski definition) is 1. The zero-order chi connectivity index (χ0) is 17.7. The zero-order valence-corrected chi connectivity index (χ0v) is 13.3. The lowest BCUT2D eigenvalue weighted by Gasteiger charge is -2.08. The van der Waals surface area contributed by atoms with Crippen LogP contribution in [0, 0.1) is 25.7 Å². The molecule has 0 heterocycles. The first kappa shape index (κ1) is 17.6. The molecule has 0 aliphatic carbocycles. The van der Waals surface area contributed by atoms with Crippen molar-refractivity contribution in [3.05, 3.63) is 70.3 Å². The van der Waals surface area contributed by atoms with E-state index in [1.54, 1.807) is 12.1 Å². The van der Waals surface area contributed by atoms with Crippen LogP contribution < -0.4 is 5.32 Å². The Balaban J connectivity index is 2.04. The smallest absolute Gasteiger partial charge is 0.341 e. The van der Waals surface area contributed by atoms with Crippen LogP contribution in [0.2, 0.25) is 0 Å². The average molecular weight is 331 g/mol. The van der Waals surface area contributed by atoms with Gasteiger partial charge in [0.15, 0.2) is 0 Å². The second kappa shape index (κ2) is 7.22. The van der Waals surface area contributed by atoms with Crippen LogP contribution in [0.1, 0.15) is 32.6 Å². The van der Waals surface area contributed by atoms with Gasteiger partial charge in [0.25, 0.3) is 5.91 Å². The maximum absolute atomic E-state index is 12.8. The van der Waals surface area contributed by atoms with E-state index in [9.17, 15) is 18.0 Å². The van der Waals surface area contributed by atoms with Gasteiger partial charge in [-0.2, -0.15) is 13.2 Å². The van der Waals surface area contributed by atoms with E-state index in [2.05, 4.69) is 17.2 Å². The number of carbonyl (C=O) groups excluding carboxylic acids is 1. The molecule has 0 bridgehead atoms. The standard InChI is InChI=1S/C19H16F3NO/c1-13-9-10-16(12-14(13)2)18(24)23-11-5-7-15-6-3-4-8-17(15)19(20,21)22/h3-4,6,8-10,12H,11H2,1-2H3,(H,23,24). The van der Waals surface area contributed by atoms with Crippen molar-refractivity contribution < 1.29 is 18.0 Å². The lowest BCUT2D eigenvalue weighted by atomic mass is 10.1. The second-order valence-electron chi connectivity index (χ2n) is 5.33. The van der Waals surface area contributed by atoms with E-state index in [-0.39, 0.29) is 18.0 Å². The number of rotatable bonds is 2. The Kier molecular flexibility index (Phi) is 5.30. The number of aryl methyl sites for hydroxylation is 2. The summed E-state index contributed by atoms with van der Waals surface area (Å²) in [5.41, 5.74) is 1.68.